The van der Waals surface area contributed by atoms with Gasteiger partial charge in [0.15, 0.2) is 0 Å². The van der Waals surface area contributed by atoms with Crippen LogP contribution in [0.4, 0.5) is 5.69 Å². The molecule has 146 valence electrons. The number of nitrogen functional groups attached to an aromatic ring is 1. The van der Waals surface area contributed by atoms with Crippen molar-refractivity contribution < 1.29 is 8.42 Å². The molecule has 2 heterocycles. The fourth-order valence-electron chi connectivity index (χ4n) is 3.57. The molecule has 1 fully saturated rings. The Labute approximate surface area is 165 Å². The summed E-state index contributed by atoms with van der Waals surface area (Å²) in [6.07, 6.45) is 3.39. The maximum Gasteiger partial charge on any atom is 0.243 e. The van der Waals surface area contributed by atoms with Gasteiger partial charge in [-0.3, -0.25) is 4.98 Å². The van der Waals surface area contributed by atoms with Crippen LogP contribution in [-0.4, -0.2) is 36.8 Å². The van der Waals surface area contributed by atoms with E-state index < -0.39 is 10.0 Å². The van der Waals surface area contributed by atoms with Gasteiger partial charge in [0, 0.05) is 42.9 Å². The van der Waals surface area contributed by atoms with E-state index >= 15 is 0 Å². The van der Waals surface area contributed by atoms with Crippen molar-refractivity contribution in [1.82, 2.24) is 14.6 Å². The Balaban J connectivity index is 1.34. The van der Waals surface area contributed by atoms with E-state index in [4.69, 9.17) is 5.73 Å². The molecule has 1 aliphatic heterocycles. The van der Waals surface area contributed by atoms with Crippen LogP contribution in [0.25, 0.3) is 10.9 Å². The largest absolute Gasteiger partial charge is 0.399 e. The van der Waals surface area contributed by atoms with Gasteiger partial charge in [-0.25, -0.2) is 8.42 Å². The normalized spacial score (nSPS) is 16.4. The zero-order valence-electron chi connectivity index (χ0n) is 15.6. The lowest BCUT2D eigenvalue weighted by Gasteiger charge is -2.31. The first kappa shape index (κ1) is 18.9. The van der Waals surface area contributed by atoms with E-state index in [1.807, 2.05) is 6.07 Å². The molecule has 7 heteroatoms. The van der Waals surface area contributed by atoms with Gasteiger partial charge in [-0.05, 0) is 54.8 Å². The Morgan fingerprint density at radius 1 is 1.07 bits per heavy atom. The van der Waals surface area contributed by atoms with Gasteiger partial charge in [-0.1, -0.05) is 18.2 Å². The Hall–Kier alpha value is -2.48. The van der Waals surface area contributed by atoms with Crippen molar-refractivity contribution in [3.8, 4) is 0 Å². The molecule has 3 aromatic rings. The van der Waals surface area contributed by atoms with Crippen LogP contribution in [-0.2, 0) is 16.6 Å². The van der Waals surface area contributed by atoms with Gasteiger partial charge in [0.25, 0.3) is 0 Å². The van der Waals surface area contributed by atoms with Crippen molar-refractivity contribution in [2.75, 3.05) is 18.8 Å². The van der Waals surface area contributed by atoms with Crippen LogP contribution in [0.15, 0.2) is 65.7 Å². The lowest BCUT2D eigenvalue weighted by atomic mass is 10.1. The molecule has 2 aromatic carbocycles. The number of pyridine rings is 1. The Kier molecular flexibility index (Phi) is 5.30. The van der Waals surface area contributed by atoms with Gasteiger partial charge in [-0.2, -0.15) is 4.31 Å². The van der Waals surface area contributed by atoms with Crippen LogP contribution in [0, 0.1) is 0 Å². The molecule has 0 amide bonds. The summed E-state index contributed by atoms with van der Waals surface area (Å²) in [5.41, 5.74) is 8.39. The molecule has 1 aliphatic rings. The minimum Gasteiger partial charge on any atom is -0.399 e. The number of rotatable bonds is 5. The third kappa shape index (κ3) is 4.01. The molecule has 3 N–H and O–H groups in total. The van der Waals surface area contributed by atoms with E-state index in [2.05, 4.69) is 34.6 Å². The van der Waals surface area contributed by atoms with Gasteiger partial charge in [-0.15, -0.1) is 0 Å². The molecule has 0 aliphatic carbocycles. The Bertz CT molecular complexity index is 1060. The number of aromatic nitrogens is 1. The average Bonchev–Trinajstić information content (AvgIpc) is 2.73. The minimum atomic E-state index is -3.45. The van der Waals surface area contributed by atoms with Crippen LogP contribution in [0.1, 0.15) is 18.4 Å². The van der Waals surface area contributed by atoms with Crippen LogP contribution >= 0.6 is 0 Å². The van der Waals surface area contributed by atoms with E-state index in [-0.39, 0.29) is 0 Å². The molecule has 0 atom stereocenters. The van der Waals surface area contributed by atoms with Crippen molar-refractivity contribution in [3.05, 3.63) is 66.4 Å². The lowest BCUT2D eigenvalue weighted by Crippen LogP contribution is -2.44. The zero-order chi connectivity index (χ0) is 19.6. The number of benzene rings is 2. The fourth-order valence-corrected chi connectivity index (χ4v) is 5.04. The second-order valence-electron chi connectivity index (χ2n) is 7.16. The van der Waals surface area contributed by atoms with Crippen molar-refractivity contribution in [1.29, 1.82) is 0 Å². The number of nitrogens with zero attached hydrogens (tertiary/aromatic N) is 2. The molecule has 6 nitrogen and oxygen atoms in total. The highest BCUT2D eigenvalue weighted by molar-refractivity contribution is 7.89. The van der Waals surface area contributed by atoms with Crippen LogP contribution in [0.3, 0.4) is 0 Å². The van der Waals surface area contributed by atoms with Crippen molar-refractivity contribution in [2.45, 2.75) is 30.3 Å². The number of hydrogen-bond donors (Lipinski definition) is 2. The minimum absolute atomic E-state index is 0.303. The van der Waals surface area contributed by atoms with E-state index in [1.165, 1.54) is 5.56 Å². The van der Waals surface area contributed by atoms with E-state index in [0.29, 0.717) is 29.7 Å². The number of sulfonamides is 1. The SMILES string of the molecule is Nc1ccc(S(=O)(=O)N2CCC(NCc3ccc4cccnc4c3)CC2)cc1. The summed E-state index contributed by atoms with van der Waals surface area (Å²) in [5, 5.41) is 4.69. The Morgan fingerprint density at radius 3 is 2.57 bits per heavy atom. The lowest BCUT2D eigenvalue weighted by molar-refractivity contribution is 0.288. The second-order valence-corrected chi connectivity index (χ2v) is 9.10. The van der Waals surface area contributed by atoms with Crippen LogP contribution in [0.5, 0.6) is 0 Å². The van der Waals surface area contributed by atoms with Crippen molar-refractivity contribution >= 4 is 26.6 Å². The van der Waals surface area contributed by atoms with Gasteiger partial charge in [0.2, 0.25) is 10.0 Å². The summed E-state index contributed by atoms with van der Waals surface area (Å²) in [4.78, 5) is 4.70. The summed E-state index contributed by atoms with van der Waals surface area (Å²) >= 11 is 0. The molecular formula is C21H24N4O2S. The average molecular weight is 397 g/mol. The highest BCUT2D eigenvalue weighted by atomic mass is 32.2. The smallest absolute Gasteiger partial charge is 0.243 e. The second kappa shape index (κ2) is 7.87. The van der Waals surface area contributed by atoms with Crippen molar-refractivity contribution in [2.24, 2.45) is 0 Å². The number of hydrogen-bond acceptors (Lipinski definition) is 5. The summed E-state index contributed by atoms with van der Waals surface area (Å²) in [6, 6.07) is 17.0. The summed E-state index contributed by atoms with van der Waals surface area (Å²) < 4.78 is 27.1. The van der Waals surface area contributed by atoms with Crippen LogP contribution < -0.4 is 11.1 Å². The molecule has 4 rings (SSSR count). The third-order valence-electron chi connectivity index (χ3n) is 5.24. The van der Waals surface area contributed by atoms with Gasteiger partial charge < -0.3 is 11.1 Å². The standard InChI is InChI=1S/C21H24N4O2S/c22-18-5-7-20(8-6-18)28(26,27)25-12-9-19(10-13-25)24-15-16-3-4-17-2-1-11-23-21(17)14-16/h1-8,11,14,19,24H,9-10,12-13,15,22H2. The molecule has 1 saturated heterocycles. The quantitative estimate of drug-likeness (QED) is 0.648. The van der Waals surface area contributed by atoms with Gasteiger partial charge in [0.1, 0.15) is 0 Å². The molecular weight excluding hydrogens is 372 g/mol. The molecule has 0 unspecified atom stereocenters. The summed E-state index contributed by atoms with van der Waals surface area (Å²) in [6.45, 7) is 1.79. The monoisotopic (exact) mass is 396 g/mol. The first-order valence-corrected chi connectivity index (χ1v) is 10.9. The number of piperidine rings is 1. The topological polar surface area (TPSA) is 88.3 Å². The van der Waals surface area contributed by atoms with E-state index in [9.17, 15) is 8.42 Å². The first-order chi connectivity index (χ1) is 13.5. The number of nitrogens with two attached hydrogens (primary N) is 1. The molecule has 28 heavy (non-hydrogen) atoms. The summed E-state index contributed by atoms with van der Waals surface area (Å²) in [7, 11) is -3.45. The zero-order valence-corrected chi connectivity index (χ0v) is 16.4. The maximum atomic E-state index is 12.8. The molecule has 0 radical (unpaired) electrons. The highest BCUT2D eigenvalue weighted by Gasteiger charge is 2.29. The van der Waals surface area contributed by atoms with E-state index in [1.54, 1.807) is 34.8 Å². The predicted octanol–water partition coefficient (Wildman–Crippen LogP) is 2.76. The number of anilines is 1. The van der Waals surface area contributed by atoms with Gasteiger partial charge >= 0.3 is 0 Å². The highest BCUT2D eigenvalue weighted by Crippen LogP contribution is 2.22. The Morgan fingerprint density at radius 2 is 1.82 bits per heavy atom. The number of fused-ring (bicyclic) bond motifs is 1. The molecule has 0 bridgehead atoms. The molecule has 1 aromatic heterocycles. The molecule has 0 saturated carbocycles. The predicted molar refractivity (Wildman–Crippen MR) is 111 cm³/mol. The van der Waals surface area contributed by atoms with E-state index in [0.717, 1.165) is 30.3 Å². The third-order valence-corrected chi connectivity index (χ3v) is 7.15. The number of nitrogens with one attached hydrogen (secondary N) is 1. The maximum absolute atomic E-state index is 12.8. The van der Waals surface area contributed by atoms with Gasteiger partial charge in [0.05, 0.1) is 10.4 Å². The fraction of sp³-hybridized carbons (Fsp3) is 0.286. The molecule has 0 spiro atoms. The van der Waals surface area contributed by atoms with Crippen LogP contribution in [0.2, 0.25) is 0 Å². The summed E-state index contributed by atoms with van der Waals surface area (Å²) in [5.74, 6) is 0. The van der Waals surface area contributed by atoms with Crippen molar-refractivity contribution in [3.63, 3.8) is 0 Å². The first-order valence-electron chi connectivity index (χ1n) is 9.45.